The molecule has 0 amide bonds. The van der Waals surface area contributed by atoms with Gasteiger partial charge in [-0.15, -0.1) is 0 Å². The minimum atomic E-state index is 0.0269. The molecule has 0 saturated heterocycles. The van der Waals surface area contributed by atoms with Crippen LogP contribution in [0.5, 0.6) is 0 Å². The maximum Gasteiger partial charge on any atom is 0.291 e. The molecule has 2 heterocycles. The van der Waals surface area contributed by atoms with Crippen molar-refractivity contribution in [3.05, 3.63) is 94.2 Å². The lowest BCUT2D eigenvalue weighted by Gasteiger charge is -2.45. The second-order valence-electron chi connectivity index (χ2n) is 18.5. The van der Waals surface area contributed by atoms with Gasteiger partial charge >= 0.3 is 0 Å². The summed E-state index contributed by atoms with van der Waals surface area (Å²) in [6.45, 7) is 28.4. The highest BCUT2D eigenvalue weighted by Crippen LogP contribution is 2.49. The largest absolute Gasteiger partial charge is 0.474 e. The molecule has 3 heteroatoms. The van der Waals surface area contributed by atoms with Gasteiger partial charge in [-0.3, -0.25) is 0 Å². The molecule has 7 rings (SSSR count). The predicted molar refractivity (Wildman–Crippen MR) is 198 cm³/mol. The fraction of sp³-hybridized carbons (Fsp3) is 0.488. The Morgan fingerprint density at radius 2 is 1.15 bits per heavy atom. The van der Waals surface area contributed by atoms with Crippen LogP contribution in [0.3, 0.4) is 0 Å². The smallest absolute Gasteiger partial charge is 0.291 e. The average molecular weight is 612 g/mol. The molecule has 46 heavy (non-hydrogen) atoms. The lowest BCUT2D eigenvalue weighted by Crippen LogP contribution is -2.57. The molecule has 0 radical (unpaired) electrons. The summed E-state index contributed by atoms with van der Waals surface area (Å²) >= 11 is 0. The molecule has 0 N–H and O–H groups in total. The van der Waals surface area contributed by atoms with E-state index >= 15 is 0 Å². The van der Waals surface area contributed by atoms with E-state index in [9.17, 15) is 0 Å². The Morgan fingerprint density at radius 3 is 1.74 bits per heavy atom. The van der Waals surface area contributed by atoms with Crippen LogP contribution in [0.1, 0.15) is 135 Å². The van der Waals surface area contributed by atoms with Gasteiger partial charge in [-0.05, 0) is 123 Å². The molecule has 4 aromatic rings. The highest BCUT2D eigenvalue weighted by atomic mass is 16.3. The van der Waals surface area contributed by atoms with Crippen LogP contribution in [-0.4, -0.2) is 6.71 Å². The number of anilines is 3. The third-order valence-electron chi connectivity index (χ3n) is 12.0. The Hall–Kier alpha value is -3.20. The van der Waals surface area contributed by atoms with Gasteiger partial charge in [0, 0.05) is 22.5 Å². The summed E-state index contributed by atoms with van der Waals surface area (Å²) < 4.78 is 7.15. The van der Waals surface area contributed by atoms with E-state index in [1.807, 2.05) is 0 Å². The van der Waals surface area contributed by atoms with Crippen molar-refractivity contribution in [2.24, 2.45) is 0 Å². The van der Waals surface area contributed by atoms with Crippen molar-refractivity contribution < 1.29 is 4.42 Å². The number of hydrogen-bond acceptors (Lipinski definition) is 2. The van der Waals surface area contributed by atoms with Crippen molar-refractivity contribution >= 4 is 40.4 Å². The van der Waals surface area contributed by atoms with Gasteiger partial charge < -0.3 is 9.32 Å². The Kier molecular flexibility index (Phi) is 6.77. The van der Waals surface area contributed by atoms with Crippen LogP contribution in [0.4, 0.5) is 17.1 Å². The van der Waals surface area contributed by atoms with E-state index in [0.717, 1.165) is 12.1 Å². The van der Waals surface area contributed by atoms with Crippen molar-refractivity contribution in [1.29, 1.82) is 0 Å². The first-order valence-corrected chi connectivity index (χ1v) is 17.7. The molecule has 0 saturated carbocycles. The highest BCUT2D eigenvalue weighted by molar-refractivity contribution is 6.97. The number of nitrogens with zero attached hydrogens (tertiary/aromatic N) is 1. The van der Waals surface area contributed by atoms with Crippen LogP contribution in [0.15, 0.2) is 65.1 Å². The van der Waals surface area contributed by atoms with Gasteiger partial charge in [0.25, 0.3) is 6.71 Å². The van der Waals surface area contributed by atoms with Crippen LogP contribution in [0.2, 0.25) is 0 Å². The van der Waals surface area contributed by atoms with Crippen LogP contribution >= 0.6 is 0 Å². The minimum absolute atomic E-state index is 0.0269. The van der Waals surface area contributed by atoms with Crippen molar-refractivity contribution in [2.45, 2.75) is 136 Å². The SMILES string of the molecule is Cc1ccc2c(c1)N(c1ccc(C(C)(C)C)cc1)c1cc3c(cc1B2c1cc2c(o1)C(C)(C)CCC2(C)C)C(C)(C)CCC3(C)C. The summed E-state index contributed by atoms with van der Waals surface area (Å²) in [5.41, 5.74) is 15.0. The Morgan fingerprint density at radius 1 is 0.609 bits per heavy atom. The Labute approximate surface area is 279 Å². The molecule has 3 aromatic carbocycles. The van der Waals surface area contributed by atoms with Crippen LogP contribution < -0.4 is 21.5 Å². The number of benzene rings is 3. The van der Waals surface area contributed by atoms with Gasteiger partial charge in [0.15, 0.2) is 0 Å². The third-order valence-corrected chi connectivity index (χ3v) is 12.0. The van der Waals surface area contributed by atoms with Gasteiger partial charge in [0.1, 0.15) is 5.76 Å². The normalized spacial score (nSPS) is 20.4. The molecule has 0 unspecified atom stereocenters. The van der Waals surface area contributed by atoms with Gasteiger partial charge in [0.2, 0.25) is 0 Å². The van der Waals surface area contributed by atoms with E-state index in [1.54, 1.807) is 0 Å². The van der Waals surface area contributed by atoms with Gasteiger partial charge in [-0.25, -0.2) is 0 Å². The fourth-order valence-corrected chi connectivity index (χ4v) is 8.56. The van der Waals surface area contributed by atoms with Crippen molar-refractivity contribution in [2.75, 3.05) is 4.90 Å². The monoisotopic (exact) mass is 611 g/mol. The summed E-state index contributed by atoms with van der Waals surface area (Å²) in [6, 6.07) is 24.0. The van der Waals surface area contributed by atoms with Crippen molar-refractivity contribution in [3.63, 3.8) is 0 Å². The number of rotatable bonds is 2. The van der Waals surface area contributed by atoms with Crippen LogP contribution in [0.25, 0.3) is 0 Å². The fourth-order valence-electron chi connectivity index (χ4n) is 8.56. The van der Waals surface area contributed by atoms with Crippen LogP contribution in [-0.2, 0) is 27.1 Å². The van der Waals surface area contributed by atoms with E-state index in [0.29, 0.717) is 0 Å². The molecule has 0 atom stereocenters. The van der Waals surface area contributed by atoms with Gasteiger partial charge in [0.05, 0.1) is 5.66 Å². The predicted octanol–water partition coefficient (Wildman–Crippen LogP) is 9.88. The van der Waals surface area contributed by atoms with Crippen LogP contribution in [0, 0.1) is 6.92 Å². The summed E-state index contributed by atoms with van der Waals surface area (Å²) in [4.78, 5) is 2.55. The maximum absolute atomic E-state index is 7.15. The Bertz CT molecular complexity index is 1810. The minimum Gasteiger partial charge on any atom is -0.474 e. The lowest BCUT2D eigenvalue weighted by atomic mass is 9.36. The molecule has 0 bridgehead atoms. The molecule has 0 fully saturated rings. The standard InChI is InChI=1S/C43H54BNO/c1-27-13-18-33-35(23-27)45(29-16-14-28(15-17-29)39(2,3)4)36-25-31-30(40(5,6)19-20-41(31,7)8)24-34(36)44(33)37-26-32-38(46-37)43(11,12)22-21-42(32,9)10/h13-18,23-26H,19-22H2,1-12H3. The van der Waals surface area contributed by atoms with Gasteiger partial charge in [-0.2, -0.15) is 0 Å². The first kappa shape index (κ1) is 31.4. The molecular weight excluding hydrogens is 557 g/mol. The summed E-state index contributed by atoms with van der Waals surface area (Å²) in [7, 11) is 0. The molecule has 1 aliphatic heterocycles. The summed E-state index contributed by atoms with van der Waals surface area (Å²) in [5, 5.41) is 0. The number of aryl methyl sites for hydroxylation is 1. The highest BCUT2D eigenvalue weighted by Gasteiger charge is 2.46. The molecular formula is C43H54BNO. The molecule has 240 valence electrons. The summed E-state index contributed by atoms with van der Waals surface area (Å²) in [6.07, 6.45) is 4.71. The number of hydrogen-bond donors (Lipinski definition) is 0. The topological polar surface area (TPSA) is 16.4 Å². The quantitative estimate of drug-likeness (QED) is 0.185. The molecule has 2 nitrogen and oxygen atoms in total. The average Bonchev–Trinajstić information content (AvgIpc) is 3.44. The molecule has 3 aliphatic rings. The second-order valence-corrected chi connectivity index (χ2v) is 18.5. The maximum atomic E-state index is 7.15. The summed E-state index contributed by atoms with van der Waals surface area (Å²) in [5.74, 6) is 1.19. The first-order chi connectivity index (χ1) is 21.3. The van der Waals surface area contributed by atoms with E-state index in [-0.39, 0.29) is 33.8 Å². The zero-order chi connectivity index (χ0) is 33.2. The second kappa shape index (κ2) is 9.91. The number of furan rings is 1. The molecule has 1 aromatic heterocycles. The zero-order valence-corrected chi connectivity index (χ0v) is 30.5. The number of fused-ring (bicyclic) bond motifs is 4. The van der Waals surface area contributed by atoms with E-state index in [2.05, 4.69) is 149 Å². The molecule has 2 aliphatic carbocycles. The Balaban J connectivity index is 1.54. The third kappa shape index (κ3) is 4.82. The van der Waals surface area contributed by atoms with E-state index < -0.39 is 0 Å². The van der Waals surface area contributed by atoms with Gasteiger partial charge in [-0.1, -0.05) is 106 Å². The van der Waals surface area contributed by atoms with E-state index in [4.69, 9.17) is 4.42 Å². The van der Waals surface area contributed by atoms with E-state index in [1.165, 1.54) is 80.8 Å². The lowest BCUT2D eigenvalue weighted by molar-refractivity contribution is 0.282. The van der Waals surface area contributed by atoms with Crippen molar-refractivity contribution in [3.8, 4) is 0 Å². The zero-order valence-electron chi connectivity index (χ0n) is 30.5. The molecule has 0 spiro atoms. The first-order valence-electron chi connectivity index (χ1n) is 17.7. The van der Waals surface area contributed by atoms with Crippen molar-refractivity contribution in [1.82, 2.24) is 0 Å².